The SMILES string of the molecule is CC1=C[C@@H]2N(C)CC[C@]2(c2cc3c(c([N+](=O)[O-])c2)OC(F)O3)C=C1. The van der Waals surface area contributed by atoms with Crippen molar-refractivity contribution in [1.29, 1.82) is 0 Å². The topological polar surface area (TPSA) is 64.8 Å². The highest BCUT2D eigenvalue weighted by atomic mass is 19.2. The second kappa shape index (κ2) is 5.04. The summed E-state index contributed by atoms with van der Waals surface area (Å²) in [6.45, 7) is 0.896. The highest BCUT2D eigenvalue weighted by Crippen LogP contribution is 2.50. The van der Waals surface area contributed by atoms with E-state index in [1.165, 1.54) is 6.07 Å². The number of alkyl halides is 1. The van der Waals surface area contributed by atoms with Crippen LogP contribution in [0, 0.1) is 10.1 Å². The fourth-order valence-corrected chi connectivity index (χ4v) is 3.91. The number of rotatable bonds is 2. The molecule has 1 fully saturated rings. The lowest BCUT2D eigenvalue weighted by atomic mass is 9.71. The number of nitro benzene ring substituents is 1. The van der Waals surface area contributed by atoms with E-state index in [-0.39, 0.29) is 28.6 Å². The van der Waals surface area contributed by atoms with Crippen LogP contribution in [0.1, 0.15) is 18.9 Å². The molecule has 0 bridgehead atoms. The predicted molar refractivity (Wildman–Crippen MR) is 84.9 cm³/mol. The molecule has 7 heteroatoms. The summed E-state index contributed by atoms with van der Waals surface area (Å²) in [5.74, 6) is -0.0453. The van der Waals surface area contributed by atoms with E-state index in [2.05, 4.69) is 17.1 Å². The van der Waals surface area contributed by atoms with E-state index < -0.39 is 11.5 Å². The molecule has 0 spiro atoms. The van der Waals surface area contributed by atoms with Gasteiger partial charge < -0.3 is 9.47 Å². The number of nitrogens with zero attached hydrogens (tertiary/aromatic N) is 2. The lowest BCUT2D eigenvalue weighted by Crippen LogP contribution is -2.40. The van der Waals surface area contributed by atoms with Gasteiger partial charge in [0, 0.05) is 17.5 Å². The van der Waals surface area contributed by atoms with Crippen molar-refractivity contribution in [1.82, 2.24) is 4.90 Å². The Labute approximate surface area is 138 Å². The van der Waals surface area contributed by atoms with Crippen LogP contribution < -0.4 is 9.47 Å². The van der Waals surface area contributed by atoms with Crippen LogP contribution in [0.2, 0.25) is 0 Å². The maximum Gasteiger partial charge on any atom is 0.397 e. The summed E-state index contributed by atoms with van der Waals surface area (Å²) in [4.78, 5) is 13.1. The average molecular weight is 332 g/mol. The number of hydrogen-bond donors (Lipinski definition) is 0. The van der Waals surface area contributed by atoms with Crippen molar-refractivity contribution < 1.29 is 18.8 Å². The van der Waals surface area contributed by atoms with Crippen LogP contribution >= 0.6 is 0 Å². The first kappa shape index (κ1) is 15.1. The maximum atomic E-state index is 13.4. The molecule has 1 saturated heterocycles. The van der Waals surface area contributed by atoms with Gasteiger partial charge in [0.2, 0.25) is 5.75 Å². The molecule has 1 aliphatic carbocycles. The lowest BCUT2D eigenvalue weighted by molar-refractivity contribution is -0.386. The molecule has 0 aromatic heterocycles. The first-order chi connectivity index (χ1) is 11.4. The molecule has 2 aliphatic heterocycles. The standard InChI is InChI=1S/C17H17FN2O4/c1-10-3-4-17(5-6-19(2)14(17)7-10)11-8-12(20(21)22)15-13(9-11)23-16(18)24-15/h3-4,7-9,14,16H,5-6H2,1-2H3/t14-,16?,17-/m0/s1. The van der Waals surface area contributed by atoms with Gasteiger partial charge >= 0.3 is 12.2 Å². The first-order valence-corrected chi connectivity index (χ1v) is 7.79. The second-order valence-corrected chi connectivity index (χ2v) is 6.55. The number of likely N-dealkylation sites (tertiary alicyclic amines) is 1. The van der Waals surface area contributed by atoms with E-state index in [1.54, 1.807) is 6.07 Å². The molecule has 0 amide bonds. The number of likely N-dealkylation sites (N-methyl/N-ethyl adjacent to an activating group) is 1. The van der Waals surface area contributed by atoms with Crippen LogP contribution in [0.4, 0.5) is 10.1 Å². The highest BCUT2D eigenvalue weighted by Gasteiger charge is 2.47. The van der Waals surface area contributed by atoms with Crippen LogP contribution in [0.25, 0.3) is 0 Å². The monoisotopic (exact) mass is 332 g/mol. The number of hydrogen-bond acceptors (Lipinski definition) is 5. The Morgan fingerprint density at radius 1 is 1.42 bits per heavy atom. The largest absolute Gasteiger partial charge is 0.425 e. The van der Waals surface area contributed by atoms with E-state index >= 15 is 0 Å². The van der Waals surface area contributed by atoms with Gasteiger partial charge in [-0.25, -0.2) is 0 Å². The summed E-state index contributed by atoms with van der Waals surface area (Å²) < 4.78 is 23.2. The Bertz CT molecular complexity index is 791. The van der Waals surface area contributed by atoms with E-state index in [1.807, 2.05) is 20.0 Å². The average Bonchev–Trinajstić information content (AvgIpc) is 3.07. The Kier molecular flexibility index (Phi) is 3.18. The molecular formula is C17H17FN2O4. The van der Waals surface area contributed by atoms with Crippen molar-refractivity contribution in [2.75, 3.05) is 13.6 Å². The van der Waals surface area contributed by atoms with Crippen molar-refractivity contribution in [2.24, 2.45) is 0 Å². The fraction of sp³-hybridized carbons (Fsp3) is 0.412. The quantitative estimate of drug-likeness (QED) is 0.615. The number of allylic oxidation sites excluding steroid dienone is 2. The summed E-state index contributed by atoms with van der Waals surface area (Å²) in [5, 5.41) is 11.4. The highest BCUT2D eigenvalue weighted by molar-refractivity contribution is 5.62. The molecule has 1 aromatic carbocycles. The van der Waals surface area contributed by atoms with Gasteiger partial charge in [-0.3, -0.25) is 15.0 Å². The molecule has 0 N–H and O–H groups in total. The third kappa shape index (κ3) is 2.04. The predicted octanol–water partition coefficient (Wildman–Crippen LogP) is 3.08. The van der Waals surface area contributed by atoms with Crippen molar-refractivity contribution >= 4 is 5.69 Å². The number of halogens is 1. The molecule has 0 radical (unpaired) electrons. The van der Waals surface area contributed by atoms with Gasteiger partial charge in [0.15, 0.2) is 5.75 Å². The zero-order chi connectivity index (χ0) is 17.1. The first-order valence-electron chi connectivity index (χ1n) is 7.79. The molecule has 3 atom stereocenters. The minimum atomic E-state index is -2.00. The van der Waals surface area contributed by atoms with Crippen molar-refractivity contribution in [2.45, 2.75) is 31.3 Å². The van der Waals surface area contributed by atoms with Gasteiger partial charge in [0.05, 0.1) is 4.92 Å². The van der Waals surface area contributed by atoms with Crippen LogP contribution in [0.15, 0.2) is 35.9 Å². The molecule has 1 aromatic rings. The van der Waals surface area contributed by atoms with E-state index in [9.17, 15) is 14.5 Å². The van der Waals surface area contributed by atoms with Gasteiger partial charge in [-0.1, -0.05) is 23.8 Å². The fourth-order valence-electron chi connectivity index (χ4n) is 3.91. The molecule has 3 aliphatic rings. The third-order valence-electron chi connectivity index (χ3n) is 5.14. The van der Waals surface area contributed by atoms with Gasteiger partial charge in [0.25, 0.3) is 0 Å². The summed E-state index contributed by atoms with van der Waals surface area (Å²) in [6, 6.07) is 3.27. The van der Waals surface area contributed by atoms with Crippen LogP contribution in [-0.2, 0) is 5.41 Å². The molecule has 1 unspecified atom stereocenters. The van der Waals surface area contributed by atoms with Gasteiger partial charge in [-0.05, 0) is 38.6 Å². The molecule has 2 heterocycles. The smallest absolute Gasteiger partial charge is 0.397 e. The zero-order valence-corrected chi connectivity index (χ0v) is 13.4. The number of benzene rings is 1. The number of fused-ring (bicyclic) bond motifs is 2. The Balaban J connectivity index is 1.88. The molecule has 6 nitrogen and oxygen atoms in total. The second-order valence-electron chi connectivity index (χ2n) is 6.55. The molecule has 24 heavy (non-hydrogen) atoms. The van der Waals surface area contributed by atoms with Gasteiger partial charge in [-0.2, -0.15) is 4.39 Å². The summed E-state index contributed by atoms with van der Waals surface area (Å²) >= 11 is 0. The minimum Gasteiger partial charge on any atom is -0.425 e. The Morgan fingerprint density at radius 3 is 2.96 bits per heavy atom. The van der Waals surface area contributed by atoms with Crippen LogP contribution in [0.5, 0.6) is 11.5 Å². The zero-order valence-electron chi connectivity index (χ0n) is 13.4. The van der Waals surface area contributed by atoms with E-state index in [4.69, 9.17) is 9.47 Å². The van der Waals surface area contributed by atoms with Gasteiger partial charge in [0.1, 0.15) is 0 Å². The summed E-state index contributed by atoms with van der Waals surface area (Å²) in [7, 11) is 2.04. The molecule has 0 saturated carbocycles. The third-order valence-corrected chi connectivity index (χ3v) is 5.14. The van der Waals surface area contributed by atoms with Crippen molar-refractivity contribution in [3.63, 3.8) is 0 Å². The van der Waals surface area contributed by atoms with Crippen LogP contribution in [-0.4, -0.2) is 36.0 Å². The number of ether oxygens (including phenoxy) is 2. The Hall–Kier alpha value is -2.41. The van der Waals surface area contributed by atoms with Crippen molar-refractivity contribution in [3.8, 4) is 11.5 Å². The van der Waals surface area contributed by atoms with E-state index in [0.717, 1.165) is 24.1 Å². The maximum absolute atomic E-state index is 13.4. The minimum absolute atomic E-state index is 0.0917. The van der Waals surface area contributed by atoms with E-state index in [0.29, 0.717) is 0 Å². The normalized spacial score (nSPS) is 31.0. The molecule has 4 rings (SSSR count). The lowest BCUT2D eigenvalue weighted by Gasteiger charge is -2.36. The summed E-state index contributed by atoms with van der Waals surface area (Å²) in [5.41, 5.74) is 1.26. The molecule has 126 valence electrons. The van der Waals surface area contributed by atoms with Gasteiger partial charge in [-0.15, -0.1) is 0 Å². The van der Waals surface area contributed by atoms with Crippen LogP contribution in [0.3, 0.4) is 0 Å². The Morgan fingerprint density at radius 2 is 2.21 bits per heavy atom. The number of nitro groups is 1. The summed E-state index contributed by atoms with van der Waals surface area (Å²) in [6.07, 6.45) is 7.13. The van der Waals surface area contributed by atoms with Crippen molar-refractivity contribution in [3.05, 3.63) is 51.6 Å². The molecular weight excluding hydrogens is 315 g/mol.